The smallest absolute Gasteiger partial charge is 0.0916 e. The topological polar surface area (TPSA) is 38.7 Å². The Bertz CT molecular complexity index is 431. The van der Waals surface area contributed by atoms with Gasteiger partial charge in [-0.25, -0.2) is 0 Å². The summed E-state index contributed by atoms with van der Waals surface area (Å²) in [6.45, 7) is 8.84. The maximum Gasteiger partial charge on any atom is 0.0916 e. The number of rotatable bonds is 5. The Labute approximate surface area is 146 Å². The zero-order valence-electron chi connectivity index (χ0n) is 13.9. The highest BCUT2D eigenvalue weighted by Gasteiger charge is 2.22. The minimum atomic E-state index is -0.364. The average molecular weight is 340 g/mol. The van der Waals surface area contributed by atoms with Crippen LogP contribution >= 0.6 is 12.4 Å². The number of aliphatic hydroxyl groups is 1. The van der Waals surface area contributed by atoms with Crippen molar-refractivity contribution in [1.29, 1.82) is 0 Å². The quantitative estimate of drug-likeness (QED) is 0.857. The SMILES string of the molecule is Cl.OC(CN1CCN(CC2CCNCC2)CC1)c1ccccc1. The predicted molar refractivity (Wildman–Crippen MR) is 97.1 cm³/mol. The second-order valence-corrected chi connectivity index (χ2v) is 6.72. The molecule has 0 amide bonds. The molecule has 1 atom stereocenters. The van der Waals surface area contributed by atoms with Gasteiger partial charge in [-0.1, -0.05) is 30.3 Å². The molecule has 5 heteroatoms. The number of nitrogens with one attached hydrogen (secondary N) is 1. The van der Waals surface area contributed by atoms with Gasteiger partial charge in [-0.3, -0.25) is 4.90 Å². The monoisotopic (exact) mass is 339 g/mol. The van der Waals surface area contributed by atoms with Gasteiger partial charge in [0.1, 0.15) is 0 Å². The lowest BCUT2D eigenvalue weighted by Gasteiger charge is -2.38. The van der Waals surface area contributed by atoms with E-state index in [-0.39, 0.29) is 18.5 Å². The van der Waals surface area contributed by atoms with Crippen LogP contribution in [0.1, 0.15) is 24.5 Å². The van der Waals surface area contributed by atoms with Gasteiger partial charge in [0.05, 0.1) is 6.10 Å². The Kier molecular flexibility index (Phi) is 7.80. The molecule has 0 radical (unpaired) electrons. The molecule has 0 spiro atoms. The molecule has 0 saturated carbocycles. The van der Waals surface area contributed by atoms with Crippen molar-refractivity contribution in [3.63, 3.8) is 0 Å². The van der Waals surface area contributed by atoms with Gasteiger partial charge in [-0.2, -0.15) is 0 Å². The number of hydrogen-bond donors (Lipinski definition) is 2. The molecule has 1 unspecified atom stereocenters. The second-order valence-electron chi connectivity index (χ2n) is 6.72. The van der Waals surface area contributed by atoms with Gasteiger partial charge < -0.3 is 15.3 Å². The van der Waals surface area contributed by atoms with E-state index in [1.54, 1.807) is 0 Å². The van der Waals surface area contributed by atoms with Crippen LogP contribution in [0.3, 0.4) is 0 Å². The van der Waals surface area contributed by atoms with Crippen LogP contribution in [0.5, 0.6) is 0 Å². The molecule has 2 aliphatic heterocycles. The third-order valence-corrected chi connectivity index (χ3v) is 5.06. The number of piperidine rings is 1. The number of β-amino-alcohol motifs (C(OH)–C–C–N with tert-alkyl or cyclic N) is 1. The third-order valence-electron chi connectivity index (χ3n) is 5.06. The molecule has 3 rings (SSSR count). The molecule has 0 bridgehead atoms. The van der Waals surface area contributed by atoms with E-state index in [0.717, 1.165) is 44.2 Å². The normalized spacial score (nSPS) is 22.5. The summed E-state index contributed by atoms with van der Waals surface area (Å²) < 4.78 is 0. The summed E-state index contributed by atoms with van der Waals surface area (Å²) in [5, 5.41) is 13.8. The first-order valence-corrected chi connectivity index (χ1v) is 8.70. The Morgan fingerprint density at radius 1 is 1.00 bits per heavy atom. The van der Waals surface area contributed by atoms with Gasteiger partial charge in [-0.05, 0) is 37.4 Å². The molecule has 2 fully saturated rings. The van der Waals surface area contributed by atoms with E-state index in [4.69, 9.17) is 0 Å². The van der Waals surface area contributed by atoms with Gasteiger partial charge >= 0.3 is 0 Å². The highest BCUT2D eigenvalue weighted by Crippen LogP contribution is 2.17. The summed E-state index contributed by atoms with van der Waals surface area (Å²) in [5.41, 5.74) is 1.03. The first kappa shape index (κ1) is 18.7. The van der Waals surface area contributed by atoms with E-state index in [2.05, 4.69) is 15.1 Å². The Morgan fingerprint density at radius 3 is 2.26 bits per heavy atom. The van der Waals surface area contributed by atoms with Crippen molar-refractivity contribution in [3.8, 4) is 0 Å². The molecule has 2 saturated heterocycles. The molecule has 2 aliphatic rings. The van der Waals surface area contributed by atoms with Crippen LogP contribution in [-0.2, 0) is 0 Å². The number of halogens is 1. The molecule has 4 nitrogen and oxygen atoms in total. The molecule has 0 aromatic heterocycles. The predicted octanol–water partition coefficient (Wildman–Crippen LogP) is 1.76. The van der Waals surface area contributed by atoms with Gasteiger partial charge in [0.25, 0.3) is 0 Å². The van der Waals surface area contributed by atoms with Crippen LogP contribution in [0, 0.1) is 5.92 Å². The molecule has 0 aliphatic carbocycles. The standard InChI is InChI=1S/C18H29N3O.ClH/c22-18(17-4-2-1-3-5-17)15-21-12-10-20(11-13-21)14-16-6-8-19-9-7-16;/h1-5,16,18-19,22H,6-15H2;1H. The van der Waals surface area contributed by atoms with Crippen molar-refractivity contribution in [2.24, 2.45) is 5.92 Å². The molecule has 1 aromatic rings. The van der Waals surface area contributed by atoms with Crippen molar-refractivity contribution in [1.82, 2.24) is 15.1 Å². The highest BCUT2D eigenvalue weighted by atomic mass is 35.5. The summed E-state index contributed by atoms with van der Waals surface area (Å²) in [6.07, 6.45) is 2.29. The summed E-state index contributed by atoms with van der Waals surface area (Å²) in [6, 6.07) is 10.0. The molecular formula is C18H30ClN3O. The van der Waals surface area contributed by atoms with Crippen LogP contribution in [-0.4, -0.2) is 67.3 Å². The molecule has 1 aromatic carbocycles. The van der Waals surface area contributed by atoms with Gasteiger partial charge in [-0.15, -0.1) is 12.4 Å². The van der Waals surface area contributed by atoms with Crippen LogP contribution < -0.4 is 5.32 Å². The van der Waals surface area contributed by atoms with E-state index >= 15 is 0 Å². The van der Waals surface area contributed by atoms with E-state index < -0.39 is 0 Å². The number of aliphatic hydroxyl groups excluding tert-OH is 1. The van der Waals surface area contributed by atoms with Crippen molar-refractivity contribution < 1.29 is 5.11 Å². The maximum atomic E-state index is 10.3. The first-order valence-electron chi connectivity index (χ1n) is 8.70. The largest absolute Gasteiger partial charge is 0.387 e. The lowest BCUT2D eigenvalue weighted by Crippen LogP contribution is -2.49. The van der Waals surface area contributed by atoms with E-state index in [1.807, 2.05) is 30.3 Å². The van der Waals surface area contributed by atoms with Gasteiger partial charge in [0.15, 0.2) is 0 Å². The van der Waals surface area contributed by atoms with Crippen LogP contribution in [0.25, 0.3) is 0 Å². The summed E-state index contributed by atoms with van der Waals surface area (Å²) in [5.74, 6) is 0.878. The Morgan fingerprint density at radius 2 is 1.61 bits per heavy atom. The fourth-order valence-electron chi connectivity index (χ4n) is 3.61. The molecule has 2 N–H and O–H groups in total. The third kappa shape index (κ3) is 5.73. The van der Waals surface area contributed by atoms with Gasteiger partial charge in [0.2, 0.25) is 0 Å². The molecule has 130 valence electrons. The van der Waals surface area contributed by atoms with Crippen molar-refractivity contribution in [2.45, 2.75) is 18.9 Å². The minimum Gasteiger partial charge on any atom is -0.387 e. The first-order chi connectivity index (χ1) is 10.8. The van der Waals surface area contributed by atoms with E-state index in [1.165, 1.54) is 32.5 Å². The zero-order chi connectivity index (χ0) is 15.2. The second kappa shape index (κ2) is 9.60. The van der Waals surface area contributed by atoms with Crippen molar-refractivity contribution >= 4 is 12.4 Å². The molecule has 23 heavy (non-hydrogen) atoms. The number of piperazine rings is 1. The highest BCUT2D eigenvalue weighted by molar-refractivity contribution is 5.85. The van der Waals surface area contributed by atoms with Crippen LogP contribution in [0.4, 0.5) is 0 Å². The maximum absolute atomic E-state index is 10.3. The lowest BCUT2D eigenvalue weighted by molar-refractivity contribution is 0.0647. The van der Waals surface area contributed by atoms with Crippen LogP contribution in [0.2, 0.25) is 0 Å². The number of benzene rings is 1. The number of hydrogen-bond acceptors (Lipinski definition) is 4. The Hall–Kier alpha value is -0.650. The van der Waals surface area contributed by atoms with E-state index in [9.17, 15) is 5.11 Å². The zero-order valence-corrected chi connectivity index (χ0v) is 14.7. The molecular weight excluding hydrogens is 310 g/mol. The molecule has 2 heterocycles. The Balaban J connectivity index is 0.00000192. The summed E-state index contributed by atoms with van der Waals surface area (Å²) in [4.78, 5) is 5.01. The van der Waals surface area contributed by atoms with Crippen LogP contribution in [0.15, 0.2) is 30.3 Å². The average Bonchev–Trinajstić information content (AvgIpc) is 2.58. The summed E-state index contributed by atoms with van der Waals surface area (Å²) >= 11 is 0. The van der Waals surface area contributed by atoms with Gasteiger partial charge in [0, 0.05) is 39.3 Å². The lowest BCUT2D eigenvalue weighted by atomic mass is 9.97. The van der Waals surface area contributed by atoms with Crippen molar-refractivity contribution in [2.75, 3.05) is 52.4 Å². The fourth-order valence-corrected chi connectivity index (χ4v) is 3.61. The number of nitrogens with zero attached hydrogens (tertiary/aromatic N) is 2. The van der Waals surface area contributed by atoms with Crippen molar-refractivity contribution in [3.05, 3.63) is 35.9 Å². The summed E-state index contributed by atoms with van der Waals surface area (Å²) in [7, 11) is 0. The fraction of sp³-hybridized carbons (Fsp3) is 0.667. The minimum absolute atomic E-state index is 0. The van der Waals surface area contributed by atoms with E-state index in [0.29, 0.717) is 0 Å².